The van der Waals surface area contributed by atoms with Gasteiger partial charge < -0.3 is 10.4 Å². The Morgan fingerprint density at radius 1 is 1.43 bits per heavy atom. The van der Waals surface area contributed by atoms with Gasteiger partial charge in [-0.3, -0.25) is 9.78 Å². The average molecular weight is 192 g/mol. The van der Waals surface area contributed by atoms with Crippen LogP contribution < -0.4 is 5.32 Å². The van der Waals surface area contributed by atoms with Crippen molar-refractivity contribution >= 4 is 17.6 Å². The fraction of sp³-hybridized carbons (Fsp3) is 0. The molecule has 1 aromatic rings. The summed E-state index contributed by atoms with van der Waals surface area (Å²) in [4.78, 5) is 24.9. The molecule has 1 aromatic heterocycles. The van der Waals surface area contributed by atoms with E-state index in [9.17, 15) is 9.59 Å². The zero-order valence-corrected chi connectivity index (χ0v) is 7.18. The maximum absolute atomic E-state index is 11.0. The second-order valence-corrected chi connectivity index (χ2v) is 2.40. The molecule has 0 aliphatic carbocycles. The van der Waals surface area contributed by atoms with Crippen molar-refractivity contribution < 1.29 is 14.7 Å². The van der Waals surface area contributed by atoms with Crippen LogP contribution in [-0.2, 0) is 9.59 Å². The van der Waals surface area contributed by atoms with Crippen molar-refractivity contribution in [3.05, 3.63) is 36.7 Å². The minimum Gasteiger partial charge on any atom is -0.478 e. The molecule has 0 fully saturated rings. The summed E-state index contributed by atoms with van der Waals surface area (Å²) >= 11 is 0. The van der Waals surface area contributed by atoms with E-state index in [2.05, 4.69) is 10.3 Å². The summed E-state index contributed by atoms with van der Waals surface area (Å²) in [7, 11) is 0. The smallest absolute Gasteiger partial charge is 0.328 e. The second kappa shape index (κ2) is 4.76. The standard InChI is InChI=1S/C9H8N2O3/c12-8(3-4-9(13)14)11-7-2-1-5-10-6-7/h1-6H,(H,11,12)(H,13,14). The number of carbonyl (C=O) groups is 2. The predicted molar refractivity (Wildman–Crippen MR) is 49.6 cm³/mol. The van der Waals surface area contributed by atoms with Crippen LogP contribution >= 0.6 is 0 Å². The van der Waals surface area contributed by atoms with Crippen LogP contribution in [0, 0.1) is 0 Å². The average Bonchev–Trinajstić information content (AvgIpc) is 2.16. The summed E-state index contributed by atoms with van der Waals surface area (Å²) in [6.07, 6.45) is 4.75. The van der Waals surface area contributed by atoms with Crippen molar-refractivity contribution in [3.8, 4) is 0 Å². The number of anilines is 1. The van der Waals surface area contributed by atoms with Crippen LogP contribution in [0.5, 0.6) is 0 Å². The highest BCUT2D eigenvalue weighted by atomic mass is 16.4. The van der Waals surface area contributed by atoms with E-state index in [0.29, 0.717) is 5.69 Å². The molecule has 0 saturated carbocycles. The number of amides is 1. The van der Waals surface area contributed by atoms with Crippen molar-refractivity contribution in [2.24, 2.45) is 0 Å². The Balaban J connectivity index is 2.54. The maximum atomic E-state index is 11.0. The molecule has 72 valence electrons. The second-order valence-electron chi connectivity index (χ2n) is 2.40. The number of hydrogen-bond acceptors (Lipinski definition) is 3. The number of aliphatic carboxylic acids is 1. The first-order valence-electron chi connectivity index (χ1n) is 3.80. The summed E-state index contributed by atoms with van der Waals surface area (Å²) in [5.41, 5.74) is 0.521. The van der Waals surface area contributed by atoms with E-state index in [-0.39, 0.29) is 0 Å². The first kappa shape index (κ1) is 9.91. The molecule has 0 unspecified atom stereocenters. The summed E-state index contributed by atoms with van der Waals surface area (Å²) in [6, 6.07) is 3.32. The van der Waals surface area contributed by atoms with Gasteiger partial charge in [-0.2, -0.15) is 0 Å². The first-order chi connectivity index (χ1) is 6.68. The summed E-state index contributed by atoms with van der Waals surface area (Å²) in [5, 5.41) is 10.7. The lowest BCUT2D eigenvalue weighted by Gasteiger charge is -1.98. The van der Waals surface area contributed by atoms with Gasteiger partial charge in [0.2, 0.25) is 5.91 Å². The molecule has 0 aliphatic heterocycles. The SMILES string of the molecule is O=C(O)C=CC(=O)Nc1cccnc1. The first-order valence-corrected chi connectivity index (χ1v) is 3.80. The van der Waals surface area contributed by atoms with Gasteiger partial charge >= 0.3 is 5.97 Å². The van der Waals surface area contributed by atoms with Gasteiger partial charge in [0.1, 0.15) is 0 Å². The number of nitrogens with one attached hydrogen (secondary N) is 1. The van der Waals surface area contributed by atoms with Crippen LogP contribution in [-0.4, -0.2) is 22.0 Å². The number of pyridine rings is 1. The lowest BCUT2D eigenvalue weighted by Crippen LogP contribution is -2.08. The summed E-state index contributed by atoms with van der Waals surface area (Å²) in [6.45, 7) is 0. The van der Waals surface area contributed by atoms with E-state index in [0.717, 1.165) is 12.2 Å². The molecule has 0 spiro atoms. The molecule has 1 heterocycles. The van der Waals surface area contributed by atoms with Crippen molar-refractivity contribution in [3.63, 3.8) is 0 Å². The van der Waals surface area contributed by atoms with Crippen LogP contribution in [0.4, 0.5) is 5.69 Å². The highest BCUT2D eigenvalue weighted by Gasteiger charge is 1.97. The Morgan fingerprint density at radius 3 is 2.79 bits per heavy atom. The van der Waals surface area contributed by atoms with Crippen molar-refractivity contribution in [1.29, 1.82) is 0 Å². The molecule has 0 aliphatic rings. The predicted octanol–water partition coefficient (Wildman–Crippen LogP) is 0.661. The number of carboxylic acid groups (broad SMARTS) is 1. The minimum absolute atomic E-state index is 0.500. The third-order valence-corrected chi connectivity index (χ3v) is 1.31. The Hall–Kier alpha value is -2.17. The fourth-order valence-corrected chi connectivity index (χ4v) is 0.768. The topological polar surface area (TPSA) is 79.3 Å². The van der Waals surface area contributed by atoms with Gasteiger partial charge in [-0.05, 0) is 12.1 Å². The van der Waals surface area contributed by atoms with E-state index in [4.69, 9.17) is 5.11 Å². The van der Waals surface area contributed by atoms with Gasteiger partial charge in [-0.1, -0.05) is 0 Å². The van der Waals surface area contributed by atoms with E-state index in [1.807, 2.05) is 0 Å². The van der Waals surface area contributed by atoms with Crippen LogP contribution in [0.15, 0.2) is 36.7 Å². The third-order valence-electron chi connectivity index (χ3n) is 1.31. The van der Waals surface area contributed by atoms with Crippen LogP contribution in [0.2, 0.25) is 0 Å². The Labute approximate surface area is 80.1 Å². The number of aromatic nitrogens is 1. The number of carbonyl (C=O) groups excluding carboxylic acids is 1. The number of hydrogen-bond donors (Lipinski definition) is 2. The van der Waals surface area contributed by atoms with Crippen LogP contribution in [0.1, 0.15) is 0 Å². The van der Waals surface area contributed by atoms with E-state index in [1.54, 1.807) is 18.3 Å². The molecular weight excluding hydrogens is 184 g/mol. The highest BCUT2D eigenvalue weighted by Crippen LogP contribution is 2.01. The Bertz CT molecular complexity index is 360. The normalized spacial score (nSPS) is 10.0. The van der Waals surface area contributed by atoms with Gasteiger partial charge in [-0.15, -0.1) is 0 Å². The van der Waals surface area contributed by atoms with Gasteiger partial charge in [0, 0.05) is 18.3 Å². The van der Waals surface area contributed by atoms with E-state index in [1.165, 1.54) is 6.20 Å². The van der Waals surface area contributed by atoms with Gasteiger partial charge in [0.25, 0.3) is 0 Å². The summed E-state index contributed by atoms with van der Waals surface area (Å²) in [5.74, 6) is -1.66. The van der Waals surface area contributed by atoms with Crippen molar-refractivity contribution in [1.82, 2.24) is 4.98 Å². The minimum atomic E-state index is -1.16. The molecule has 0 aromatic carbocycles. The van der Waals surface area contributed by atoms with Gasteiger partial charge in [-0.25, -0.2) is 4.79 Å². The van der Waals surface area contributed by atoms with Crippen LogP contribution in [0.25, 0.3) is 0 Å². The third kappa shape index (κ3) is 3.48. The molecule has 0 atom stereocenters. The number of rotatable bonds is 3. The van der Waals surface area contributed by atoms with Crippen LogP contribution in [0.3, 0.4) is 0 Å². The molecule has 5 nitrogen and oxygen atoms in total. The molecule has 1 rings (SSSR count). The molecule has 5 heteroatoms. The maximum Gasteiger partial charge on any atom is 0.328 e. The molecule has 2 N–H and O–H groups in total. The summed E-state index contributed by atoms with van der Waals surface area (Å²) < 4.78 is 0. The zero-order valence-electron chi connectivity index (χ0n) is 7.18. The van der Waals surface area contributed by atoms with Gasteiger partial charge in [0.05, 0.1) is 11.9 Å². The Kier molecular flexibility index (Phi) is 3.37. The largest absolute Gasteiger partial charge is 0.478 e. The monoisotopic (exact) mass is 192 g/mol. The molecule has 0 bridgehead atoms. The van der Waals surface area contributed by atoms with Crippen molar-refractivity contribution in [2.45, 2.75) is 0 Å². The molecule has 0 saturated heterocycles. The quantitative estimate of drug-likeness (QED) is 0.689. The highest BCUT2D eigenvalue weighted by molar-refractivity contribution is 6.02. The van der Waals surface area contributed by atoms with Gasteiger partial charge in [0.15, 0.2) is 0 Å². The number of carboxylic acids is 1. The lowest BCUT2D eigenvalue weighted by molar-refractivity contribution is -0.131. The molecule has 0 radical (unpaired) electrons. The molecule has 14 heavy (non-hydrogen) atoms. The zero-order chi connectivity index (χ0) is 10.4. The fourth-order valence-electron chi connectivity index (χ4n) is 0.768. The van der Waals surface area contributed by atoms with E-state index < -0.39 is 11.9 Å². The molecule has 1 amide bonds. The molecular formula is C9H8N2O3. The van der Waals surface area contributed by atoms with E-state index >= 15 is 0 Å². The Morgan fingerprint density at radius 2 is 2.21 bits per heavy atom. The lowest BCUT2D eigenvalue weighted by atomic mass is 10.4. The number of nitrogens with zero attached hydrogens (tertiary/aromatic N) is 1. The van der Waals surface area contributed by atoms with Crippen molar-refractivity contribution in [2.75, 3.05) is 5.32 Å².